The fraction of sp³-hybridized carbons (Fsp3) is 0.500. The lowest BCUT2D eigenvalue weighted by Gasteiger charge is -2.30. The van der Waals surface area contributed by atoms with Crippen LogP contribution >= 0.6 is 0 Å². The Morgan fingerprint density at radius 3 is 2.77 bits per heavy atom. The number of hydrogen-bond donors (Lipinski definition) is 2. The first-order valence-corrected chi connectivity index (χ1v) is 8.02. The Bertz CT molecular complexity index is 636. The first-order chi connectivity index (χ1) is 10.7. The minimum Gasteiger partial charge on any atom is -0.497 e. The highest BCUT2D eigenvalue weighted by Gasteiger charge is 2.25. The van der Waals surface area contributed by atoms with Crippen molar-refractivity contribution in [2.75, 3.05) is 7.11 Å². The van der Waals surface area contributed by atoms with E-state index in [-0.39, 0.29) is 6.10 Å². The van der Waals surface area contributed by atoms with Crippen LogP contribution in [0.25, 0.3) is 10.9 Å². The van der Waals surface area contributed by atoms with Crippen molar-refractivity contribution in [2.45, 2.75) is 44.2 Å². The molecule has 1 aliphatic rings. The Balaban J connectivity index is 1.80. The van der Waals surface area contributed by atoms with Gasteiger partial charge in [0.1, 0.15) is 5.75 Å². The third-order valence-electron chi connectivity index (χ3n) is 4.83. The molecule has 1 fully saturated rings. The summed E-state index contributed by atoms with van der Waals surface area (Å²) in [5, 5.41) is 11.7. The second kappa shape index (κ2) is 6.63. The molecule has 4 heteroatoms. The van der Waals surface area contributed by atoms with Crippen molar-refractivity contribution >= 4 is 10.9 Å². The number of pyridine rings is 1. The molecule has 0 aliphatic heterocycles. The van der Waals surface area contributed by atoms with E-state index < -0.39 is 0 Å². The number of ether oxygens (including phenoxy) is 1. The van der Waals surface area contributed by atoms with E-state index in [9.17, 15) is 5.11 Å². The number of nitrogens with zero attached hydrogens (tertiary/aromatic N) is 1. The maximum absolute atomic E-state index is 10.6. The second-order valence-electron chi connectivity index (χ2n) is 6.30. The summed E-state index contributed by atoms with van der Waals surface area (Å²) in [5.74, 6) is 1.17. The van der Waals surface area contributed by atoms with Crippen molar-refractivity contribution in [3.05, 3.63) is 36.0 Å². The number of fused-ring (bicyclic) bond motifs is 1. The van der Waals surface area contributed by atoms with Crippen LogP contribution in [0.4, 0.5) is 0 Å². The van der Waals surface area contributed by atoms with Gasteiger partial charge in [-0.2, -0.15) is 0 Å². The summed E-state index contributed by atoms with van der Waals surface area (Å²) in [6.45, 7) is 0. The van der Waals surface area contributed by atoms with Crippen LogP contribution in [0.5, 0.6) is 5.75 Å². The molecule has 3 N–H and O–H groups in total. The largest absolute Gasteiger partial charge is 0.497 e. The van der Waals surface area contributed by atoms with Gasteiger partial charge >= 0.3 is 0 Å². The number of aliphatic hydroxyl groups is 1. The average molecular weight is 300 g/mol. The number of aliphatic hydroxyl groups excluding tert-OH is 1. The fourth-order valence-corrected chi connectivity index (χ4v) is 3.41. The highest BCUT2D eigenvalue weighted by molar-refractivity contribution is 5.83. The summed E-state index contributed by atoms with van der Waals surface area (Å²) >= 11 is 0. The molecule has 0 unspecified atom stereocenters. The van der Waals surface area contributed by atoms with Crippen molar-refractivity contribution in [1.29, 1.82) is 0 Å². The van der Waals surface area contributed by atoms with E-state index in [1.165, 1.54) is 0 Å². The average Bonchev–Trinajstić information content (AvgIpc) is 2.55. The van der Waals surface area contributed by atoms with E-state index in [1.807, 2.05) is 30.5 Å². The summed E-state index contributed by atoms with van der Waals surface area (Å²) in [6, 6.07) is 8.19. The lowest BCUT2D eigenvalue weighted by Crippen LogP contribution is -2.32. The molecule has 118 valence electrons. The van der Waals surface area contributed by atoms with E-state index in [0.29, 0.717) is 18.4 Å². The quantitative estimate of drug-likeness (QED) is 0.911. The van der Waals surface area contributed by atoms with Crippen LogP contribution in [0.1, 0.15) is 31.2 Å². The molecule has 0 radical (unpaired) electrons. The Kier molecular flexibility index (Phi) is 4.60. The topological polar surface area (TPSA) is 68.4 Å². The van der Waals surface area contributed by atoms with Gasteiger partial charge in [0.25, 0.3) is 0 Å². The van der Waals surface area contributed by atoms with Gasteiger partial charge in [-0.05, 0) is 67.9 Å². The Hall–Kier alpha value is -1.65. The summed E-state index contributed by atoms with van der Waals surface area (Å²) in [5.41, 5.74) is 8.02. The van der Waals surface area contributed by atoms with Crippen molar-refractivity contribution in [3.8, 4) is 5.75 Å². The molecule has 1 saturated carbocycles. The van der Waals surface area contributed by atoms with Gasteiger partial charge in [0.15, 0.2) is 0 Å². The van der Waals surface area contributed by atoms with Crippen LogP contribution in [0.3, 0.4) is 0 Å². The SMILES string of the molecule is COc1ccc2nccc(C[C@@H](O)[C@H]3CC[C@H](N)CC3)c2c1. The Morgan fingerprint density at radius 2 is 2.05 bits per heavy atom. The summed E-state index contributed by atoms with van der Waals surface area (Å²) < 4.78 is 5.31. The third-order valence-corrected chi connectivity index (χ3v) is 4.83. The number of hydrogen-bond acceptors (Lipinski definition) is 4. The second-order valence-corrected chi connectivity index (χ2v) is 6.30. The molecule has 0 bridgehead atoms. The molecule has 0 saturated heterocycles. The zero-order chi connectivity index (χ0) is 15.5. The molecule has 2 aromatic rings. The molecule has 3 rings (SSSR count). The number of nitrogens with two attached hydrogens (primary N) is 1. The summed E-state index contributed by atoms with van der Waals surface area (Å²) in [7, 11) is 1.66. The van der Waals surface area contributed by atoms with E-state index in [4.69, 9.17) is 10.5 Å². The molecule has 1 aromatic heterocycles. The number of aromatic nitrogens is 1. The maximum atomic E-state index is 10.6. The molecule has 1 aromatic carbocycles. The van der Waals surface area contributed by atoms with E-state index >= 15 is 0 Å². The molecule has 4 nitrogen and oxygen atoms in total. The minimum absolute atomic E-state index is 0.314. The monoisotopic (exact) mass is 300 g/mol. The molecule has 1 atom stereocenters. The highest BCUT2D eigenvalue weighted by atomic mass is 16.5. The number of benzene rings is 1. The number of methoxy groups -OCH3 is 1. The molecular weight excluding hydrogens is 276 g/mol. The van der Waals surface area contributed by atoms with E-state index in [1.54, 1.807) is 7.11 Å². The standard InChI is InChI=1S/C18H24N2O2/c1-22-15-6-7-17-16(11-15)13(8-9-20-17)10-18(21)12-2-4-14(19)5-3-12/h6-9,11-12,14,18,21H,2-5,10,19H2,1H3/t12-,14-,18-/m1/s1. The van der Waals surface area contributed by atoms with Crippen LogP contribution in [-0.4, -0.2) is 29.3 Å². The van der Waals surface area contributed by atoms with Gasteiger partial charge in [-0.3, -0.25) is 4.98 Å². The van der Waals surface area contributed by atoms with Gasteiger partial charge in [-0.1, -0.05) is 0 Å². The highest BCUT2D eigenvalue weighted by Crippen LogP contribution is 2.29. The van der Waals surface area contributed by atoms with Gasteiger partial charge < -0.3 is 15.6 Å². The smallest absolute Gasteiger partial charge is 0.119 e. The third kappa shape index (κ3) is 3.23. The van der Waals surface area contributed by atoms with Crippen molar-refractivity contribution < 1.29 is 9.84 Å². The maximum Gasteiger partial charge on any atom is 0.119 e. The predicted molar refractivity (Wildman–Crippen MR) is 87.9 cm³/mol. The Labute approximate surface area is 131 Å². The molecule has 1 aliphatic carbocycles. The zero-order valence-corrected chi connectivity index (χ0v) is 13.0. The first kappa shape index (κ1) is 15.3. The van der Waals surface area contributed by atoms with E-state index in [2.05, 4.69) is 4.98 Å². The lowest BCUT2D eigenvalue weighted by atomic mass is 9.81. The van der Waals surface area contributed by atoms with Gasteiger partial charge in [-0.25, -0.2) is 0 Å². The predicted octanol–water partition coefficient (Wildman–Crippen LogP) is 2.66. The van der Waals surface area contributed by atoms with Crippen LogP contribution in [0.2, 0.25) is 0 Å². The normalized spacial score (nSPS) is 23.4. The van der Waals surface area contributed by atoms with Gasteiger partial charge in [0.2, 0.25) is 0 Å². The van der Waals surface area contributed by atoms with Crippen LogP contribution in [0.15, 0.2) is 30.5 Å². The molecular formula is C18H24N2O2. The summed E-state index contributed by atoms with van der Waals surface area (Å²) in [4.78, 5) is 4.39. The van der Waals surface area contributed by atoms with Crippen LogP contribution in [0, 0.1) is 5.92 Å². The Morgan fingerprint density at radius 1 is 1.27 bits per heavy atom. The van der Waals surface area contributed by atoms with Crippen molar-refractivity contribution in [3.63, 3.8) is 0 Å². The van der Waals surface area contributed by atoms with Gasteiger partial charge in [0, 0.05) is 17.6 Å². The first-order valence-electron chi connectivity index (χ1n) is 8.02. The number of rotatable bonds is 4. The minimum atomic E-state index is -0.315. The molecule has 0 amide bonds. The molecule has 0 spiro atoms. The molecule has 1 heterocycles. The van der Waals surface area contributed by atoms with Gasteiger partial charge in [-0.15, -0.1) is 0 Å². The van der Waals surface area contributed by atoms with Crippen LogP contribution < -0.4 is 10.5 Å². The lowest BCUT2D eigenvalue weighted by molar-refractivity contribution is 0.0819. The summed E-state index contributed by atoms with van der Waals surface area (Å²) in [6.07, 6.45) is 6.24. The zero-order valence-electron chi connectivity index (χ0n) is 13.0. The van der Waals surface area contributed by atoms with Crippen LogP contribution in [-0.2, 0) is 6.42 Å². The van der Waals surface area contributed by atoms with Crippen molar-refractivity contribution in [1.82, 2.24) is 4.98 Å². The van der Waals surface area contributed by atoms with Gasteiger partial charge in [0.05, 0.1) is 18.7 Å². The molecule has 22 heavy (non-hydrogen) atoms. The van der Waals surface area contributed by atoms with Crippen molar-refractivity contribution in [2.24, 2.45) is 11.7 Å². The van der Waals surface area contributed by atoms with E-state index in [0.717, 1.165) is 47.9 Å². The fourth-order valence-electron chi connectivity index (χ4n) is 3.41.